The van der Waals surface area contributed by atoms with Crippen molar-refractivity contribution in [2.45, 2.75) is 27.2 Å². The predicted molar refractivity (Wildman–Crippen MR) is 67.8 cm³/mol. The van der Waals surface area contributed by atoms with Gasteiger partial charge >= 0.3 is 11.9 Å². The third-order valence-electron chi connectivity index (χ3n) is 3.11. The molecular weight excluding hydrogens is 232 g/mol. The Labute approximate surface area is 108 Å². The second kappa shape index (κ2) is 6.38. The van der Waals surface area contributed by atoms with Gasteiger partial charge in [0, 0.05) is 0 Å². The van der Waals surface area contributed by atoms with Crippen LogP contribution in [0.2, 0.25) is 0 Å². The van der Waals surface area contributed by atoms with Crippen LogP contribution in [0.5, 0.6) is 0 Å². The molecule has 0 heterocycles. The van der Waals surface area contributed by atoms with Gasteiger partial charge in [-0.2, -0.15) is 0 Å². The van der Waals surface area contributed by atoms with Crippen LogP contribution in [0.15, 0.2) is 23.8 Å². The first-order chi connectivity index (χ1) is 8.56. The average molecular weight is 252 g/mol. The van der Waals surface area contributed by atoms with Crippen LogP contribution >= 0.6 is 0 Å². The van der Waals surface area contributed by atoms with E-state index in [1.165, 1.54) is 0 Å². The maximum atomic E-state index is 12.0. The summed E-state index contributed by atoms with van der Waals surface area (Å²) in [5, 5.41) is 0. The molecule has 0 amide bonds. The Bertz CT molecular complexity index is 381. The summed E-state index contributed by atoms with van der Waals surface area (Å²) in [5.41, 5.74) is 1.80. The van der Waals surface area contributed by atoms with Crippen molar-refractivity contribution in [3.63, 3.8) is 0 Å². The number of carbonyl (C=O) groups excluding carboxylic acids is 2. The van der Waals surface area contributed by atoms with Crippen LogP contribution in [0.25, 0.3) is 0 Å². The van der Waals surface area contributed by atoms with Crippen LogP contribution in [-0.4, -0.2) is 25.2 Å². The lowest BCUT2D eigenvalue weighted by molar-refractivity contribution is -0.157. The third kappa shape index (κ3) is 2.81. The first-order valence-corrected chi connectivity index (χ1v) is 6.22. The van der Waals surface area contributed by atoms with Crippen LogP contribution in [0, 0.1) is 11.8 Å². The van der Waals surface area contributed by atoms with Crippen LogP contribution < -0.4 is 0 Å². The smallest absolute Gasteiger partial charge is 0.314 e. The maximum absolute atomic E-state index is 12.0. The number of carbonyl (C=O) groups is 2. The van der Waals surface area contributed by atoms with Gasteiger partial charge in [0.2, 0.25) is 0 Å². The van der Waals surface area contributed by atoms with E-state index in [4.69, 9.17) is 9.47 Å². The molecule has 0 spiro atoms. The summed E-state index contributed by atoms with van der Waals surface area (Å²) < 4.78 is 10.1. The third-order valence-corrected chi connectivity index (χ3v) is 3.11. The summed E-state index contributed by atoms with van der Waals surface area (Å²) in [5.74, 6) is -1.76. The Morgan fingerprint density at radius 2 is 1.83 bits per heavy atom. The highest BCUT2D eigenvalue weighted by atomic mass is 16.5. The summed E-state index contributed by atoms with van der Waals surface area (Å²) in [7, 11) is 0. The molecule has 0 saturated heterocycles. The largest absolute Gasteiger partial charge is 0.466 e. The zero-order chi connectivity index (χ0) is 13.7. The van der Waals surface area contributed by atoms with Crippen molar-refractivity contribution in [2.75, 3.05) is 13.2 Å². The van der Waals surface area contributed by atoms with Gasteiger partial charge in [-0.05, 0) is 32.8 Å². The van der Waals surface area contributed by atoms with E-state index in [2.05, 4.69) is 6.58 Å². The Hall–Kier alpha value is -1.58. The van der Waals surface area contributed by atoms with Crippen molar-refractivity contribution in [3.8, 4) is 0 Å². The van der Waals surface area contributed by atoms with E-state index in [-0.39, 0.29) is 11.9 Å². The van der Waals surface area contributed by atoms with Crippen molar-refractivity contribution in [1.82, 2.24) is 0 Å². The standard InChI is InChI=1S/C14H20O4/c1-5-10-9(4)8-11(13(15)17-6-2)12(10)14(16)18-7-3/h5,11-12H,1,6-8H2,2-4H3/t11-,12-/m1/s1. The zero-order valence-corrected chi connectivity index (χ0v) is 11.2. The topological polar surface area (TPSA) is 52.6 Å². The molecule has 18 heavy (non-hydrogen) atoms. The Morgan fingerprint density at radius 1 is 1.28 bits per heavy atom. The number of hydrogen-bond acceptors (Lipinski definition) is 4. The molecule has 0 radical (unpaired) electrons. The first kappa shape index (κ1) is 14.5. The lowest BCUT2D eigenvalue weighted by Gasteiger charge is -2.18. The van der Waals surface area contributed by atoms with Crippen LogP contribution in [0.4, 0.5) is 0 Å². The fraction of sp³-hybridized carbons (Fsp3) is 0.571. The molecule has 0 aromatic carbocycles. The molecule has 2 atom stereocenters. The summed E-state index contributed by atoms with van der Waals surface area (Å²) in [6, 6.07) is 0. The van der Waals surface area contributed by atoms with E-state index >= 15 is 0 Å². The van der Waals surface area contributed by atoms with E-state index in [0.717, 1.165) is 11.1 Å². The molecule has 0 N–H and O–H groups in total. The van der Waals surface area contributed by atoms with Gasteiger partial charge in [-0.1, -0.05) is 18.2 Å². The van der Waals surface area contributed by atoms with Gasteiger partial charge in [-0.15, -0.1) is 0 Å². The lowest BCUT2D eigenvalue weighted by atomic mass is 9.91. The Kier molecular flexibility index (Phi) is 5.13. The summed E-state index contributed by atoms with van der Waals surface area (Å²) in [6.07, 6.45) is 2.17. The number of rotatable bonds is 5. The van der Waals surface area contributed by atoms with E-state index in [1.54, 1.807) is 19.9 Å². The van der Waals surface area contributed by atoms with Crippen LogP contribution in [-0.2, 0) is 19.1 Å². The minimum atomic E-state index is -0.568. The quantitative estimate of drug-likeness (QED) is 0.704. The van der Waals surface area contributed by atoms with Gasteiger partial charge in [0.25, 0.3) is 0 Å². The van der Waals surface area contributed by atoms with Crippen molar-refractivity contribution in [1.29, 1.82) is 0 Å². The molecule has 0 aromatic heterocycles. The predicted octanol–water partition coefficient (Wildman–Crippen LogP) is 2.25. The summed E-state index contributed by atoms with van der Waals surface area (Å²) in [4.78, 5) is 23.8. The highest BCUT2D eigenvalue weighted by Crippen LogP contribution is 2.39. The molecule has 0 aliphatic heterocycles. The van der Waals surface area contributed by atoms with Gasteiger partial charge in [-0.3, -0.25) is 9.59 Å². The number of allylic oxidation sites excluding steroid dienone is 2. The molecule has 4 nitrogen and oxygen atoms in total. The maximum Gasteiger partial charge on any atom is 0.314 e. The molecule has 1 rings (SSSR count). The van der Waals surface area contributed by atoms with Gasteiger partial charge < -0.3 is 9.47 Å². The van der Waals surface area contributed by atoms with Crippen molar-refractivity contribution >= 4 is 11.9 Å². The second-order valence-corrected chi connectivity index (χ2v) is 4.23. The van der Waals surface area contributed by atoms with Gasteiger partial charge in [0.1, 0.15) is 0 Å². The SMILES string of the molecule is C=CC1=C(C)C[C@@H](C(=O)OCC)[C@@H]1C(=O)OCC. The van der Waals surface area contributed by atoms with Crippen LogP contribution in [0.1, 0.15) is 27.2 Å². The highest BCUT2D eigenvalue weighted by molar-refractivity contribution is 5.87. The van der Waals surface area contributed by atoms with Crippen molar-refractivity contribution in [3.05, 3.63) is 23.8 Å². The summed E-state index contributed by atoms with van der Waals surface area (Å²) in [6.45, 7) is 9.72. The van der Waals surface area contributed by atoms with Gasteiger partial charge in [0.15, 0.2) is 0 Å². The first-order valence-electron chi connectivity index (χ1n) is 6.22. The minimum absolute atomic E-state index is 0.300. The van der Waals surface area contributed by atoms with Gasteiger partial charge in [0.05, 0.1) is 25.0 Å². The summed E-state index contributed by atoms with van der Waals surface area (Å²) >= 11 is 0. The van der Waals surface area contributed by atoms with E-state index in [9.17, 15) is 9.59 Å². The lowest BCUT2D eigenvalue weighted by Crippen LogP contribution is -2.30. The van der Waals surface area contributed by atoms with Crippen molar-refractivity contribution in [2.24, 2.45) is 11.8 Å². The molecule has 1 aliphatic carbocycles. The van der Waals surface area contributed by atoms with E-state index in [0.29, 0.717) is 19.6 Å². The monoisotopic (exact) mass is 252 g/mol. The second-order valence-electron chi connectivity index (χ2n) is 4.23. The van der Waals surface area contributed by atoms with Gasteiger partial charge in [-0.25, -0.2) is 0 Å². The molecule has 0 fully saturated rings. The average Bonchev–Trinajstić information content (AvgIpc) is 2.66. The Balaban J connectivity index is 2.97. The fourth-order valence-corrected chi connectivity index (χ4v) is 2.34. The number of hydrogen-bond donors (Lipinski definition) is 0. The number of esters is 2. The molecule has 100 valence electrons. The normalized spacial score (nSPS) is 22.8. The molecule has 0 unspecified atom stereocenters. The number of ether oxygens (including phenoxy) is 2. The minimum Gasteiger partial charge on any atom is -0.466 e. The van der Waals surface area contributed by atoms with Crippen LogP contribution in [0.3, 0.4) is 0 Å². The van der Waals surface area contributed by atoms with Crippen molar-refractivity contribution < 1.29 is 19.1 Å². The fourth-order valence-electron chi connectivity index (χ4n) is 2.34. The molecule has 0 bridgehead atoms. The molecule has 0 saturated carbocycles. The molecule has 4 heteroatoms. The zero-order valence-electron chi connectivity index (χ0n) is 11.2. The van der Waals surface area contributed by atoms with E-state index < -0.39 is 11.8 Å². The van der Waals surface area contributed by atoms with E-state index in [1.807, 2.05) is 6.92 Å². The molecular formula is C14H20O4. The molecule has 1 aliphatic rings. The Morgan fingerprint density at radius 3 is 2.33 bits per heavy atom. The highest BCUT2D eigenvalue weighted by Gasteiger charge is 2.42. The molecule has 0 aromatic rings.